The average Bonchev–Trinajstić information content (AvgIpc) is 3.36. The summed E-state index contributed by atoms with van der Waals surface area (Å²) in [5.74, 6) is 0.971. The molecule has 4 rings (SSSR count). The van der Waals surface area contributed by atoms with E-state index in [1.54, 1.807) is 16.8 Å². The van der Waals surface area contributed by atoms with E-state index in [-0.39, 0.29) is 18.1 Å². The Bertz CT molecular complexity index is 1110. The highest BCUT2D eigenvalue weighted by atomic mass is 79.9. The zero-order valence-electron chi connectivity index (χ0n) is 16.3. The minimum absolute atomic E-state index is 0.169. The van der Waals surface area contributed by atoms with E-state index in [2.05, 4.69) is 31.2 Å². The van der Waals surface area contributed by atoms with E-state index < -0.39 is 12.6 Å². The predicted octanol–water partition coefficient (Wildman–Crippen LogP) is 5.81. The fourth-order valence-electron chi connectivity index (χ4n) is 3.44. The predicted molar refractivity (Wildman–Crippen MR) is 112 cm³/mol. The number of aryl methyl sites for hydroxylation is 1. The molecular formula is C21H20BrF3N4O. The van der Waals surface area contributed by atoms with Crippen LogP contribution in [-0.4, -0.2) is 32.9 Å². The summed E-state index contributed by atoms with van der Waals surface area (Å²) in [4.78, 5) is 21.0. The molecule has 30 heavy (non-hydrogen) atoms. The normalized spacial score (nSPS) is 14.3. The van der Waals surface area contributed by atoms with Gasteiger partial charge < -0.3 is 5.32 Å². The van der Waals surface area contributed by atoms with E-state index in [1.807, 2.05) is 25.1 Å². The van der Waals surface area contributed by atoms with Crippen molar-refractivity contribution < 1.29 is 18.0 Å². The van der Waals surface area contributed by atoms with Crippen LogP contribution in [0, 0.1) is 12.8 Å². The highest BCUT2D eigenvalue weighted by molar-refractivity contribution is 9.10. The number of halogens is 4. The molecule has 1 aliphatic rings. The van der Waals surface area contributed by atoms with Crippen LogP contribution in [0.4, 0.5) is 19.0 Å². The number of carbonyl (C=O) groups is 1. The van der Waals surface area contributed by atoms with Crippen molar-refractivity contribution in [3.05, 3.63) is 46.3 Å². The van der Waals surface area contributed by atoms with E-state index in [0.717, 1.165) is 35.2 Å². The molecule has 1 saturated carbocycles. The first-order valence-corrected chi connectivity index (χ1v) is 10.5. The number of anilines is 1. The maximum Gasteiger partial charge on any atom is 0.390 e. The number of ketones is 1. The van der Waals surface area contributed by atoms with Crippen LogP contribution < -0.4 is 5.32 Å². The van der Waals surface area contributed by atoms with Gasteiger partial charge in [-0.2, -0.15) is 13.2 Å². The Labute approximate surface area is 179 Å². The third-order valence-corrected chi connectivity index (χ3v) is 5.54. The van der Waals surface area contributed by atoms with Crippen molar-refractivity contribution in [2.24, 2.45) is 5.92 Å². The number of alkyl halides is 3. The molecule has 0 bridgehead atoms. The van der Waals surface area contributed by atoms with Gasteiger partial charge in [0.15, 0.2) is 17.2 Å². The van der Waals surface area contributed by atoms with Gasteiger partial charge in [-0.1, -0.05) is 12.1 Å². The zero-order valence-corrected chi connectivity index (χ0v) is 17.8. The van der Waals surface area contributed by atoms with E-state index in [0.29, 0.717) is 22.6 Å². The number of hydrogen-bond acceptors (Lipinski definition) is 4. The van der Waals surface area contributed by atoms with Gasteiger partial charge in [0.05, 0.1) is 18.3 Å². The first-order chi connectivity index (χ1) is 14.2. The monoisotopic (exact) mass is 480 g/mol. The van der Waals surface area contributed by atoms with Crippen LogP contribution in [0.25, 0.3) is 16.9 Å². The molecule has 1 aliphatic carbocycles. The Morgan fingerprint density at radius 3 is 2.77 bits per heavy atom. The van der Waals surface area contributed by atoms with Gasteiger partial charge >= 0.3 is 6.18 Å². The van der Waals surface area contributed by atoms with Gasteiger partial charge in [-0.15, -0.1) is 0 Å². The fourth-order valence-corrected chi connectivity index (χ4v) is 3.83. The third kappa shape index (κ3) is 4.66. The quantitative estimate of drug-likeness (QED) is 0.433. The average molecular weight is 481 g/mol. The molecule has 0 amide bonds. The Kier molecular flexibility index (Phi) is 5.57. The van der Waals surface area contributed by atoms with Gasteiger partial charge in [0.25, 0.3) is 0 Å². The lowest BCUT2D eigenvalue weighted by Crippen LogP contribution is -2.15. The molecule has 0 atom stereocenters. The van der Waals surface area contributed by atoms with Gasteiger partial charge in [-0.05, 0) is 53.2 Å². The van der Waals surface area contributed by atoms with Crippen LogP contribution in [0.1, 0.15) is 41.6 Å². The molecule has 1 fully saturated rings. The molecule has 0 radical (unpaired) electrons. The topological polar surface area (TPSA) is 59.3 Å². The Hall–Kier alpha value is -2.42. The molecule has 1 N–H and O–H groups in total. The maximum absolute atomic E-state index is 12.5. The van der Waals surface area contributed by atoms with Crippen LogP contribution in [0.2, 0.25) is 0 Å². The standard InChI is InChI=1S/C21H20BrF3N4O/c1-12-8-14(4-5-15(12)17(30)9-13-2-3-13)16-10-27-20-19(26-7-6-21(23,24)25)28-18(22)11-29(16)20/h4-5,8,10-11,13H,2-3,6-7,9H2,1H3,(H,26,28). The Morgan fingerprint density at radius 2 is 2.10 bits per heavy atom. The highest BCUT2D eigenvalue weighted by Crippen LogP contribution is 2.34. The van der Waals surface area contributed by atoms with Gasteiger partial charge in [-0.3, -0.25) is 9.20 Å². The van der Waals surface area contributed by atoms with E-state index >= 15 is 0 Å². The number of aromatic nitrogens is 3. The van der Waals surface area contributed by atoms with Crippen LogP contribution in [0.5, 0.6) is 0 Å². The lowest BCUT2D eigenvalue weighted by atomic mass is 9.98. The Balaban J connectivity index is 1.63. The molecule has 0 aliphatic heterocycles. The van der Waals surface area contributed by atoms with Crippen molar-refractivity contribution in [3.8, 4) is 11.3 Å². The van der Waals surface area contributed by atoms with Crippen molar-refractivity contribution >= 4 is 33.2 Å². The first-order valence-electron chi connectivity index (χ1n) is 9.70. The molecule has 0 spiro atoms. The van der Waals surface area contributed by atoms with Crippen LogP contribution in [-0.2, 0) is 0 Å². The number of Topliss-reactive ketones (excluding diaryl/α,β-unsaturated/α-hetero) is 1. The smallest absolute Gasteiger partial charge is 0.367 e. The minimum Gasteiger partial charge on any atom is -0.367 e. The number of carbonyl (C=O) groups excluding carboxylic acids is 1. The Morgan fingerprint density at radius 1 is 1.33 bits per heavy atom. The molecule has 2 heterocycles. The van der Waals surface area contributed by atoms with Crippen molar-refractivity contribution in [1.82, 2.24) is 14.4 Å². The summed E-state index contributed by atoms with van der Waals surface area (Å²) in [6.45, 7) is 1.62. The lowest BCUT2D eigenvalue weighted by Gasteiger charge is -2.11. The number of nitrogens with one attached hydrogen (secondary N) is 1. The second-order valence-electron chi connectivity index (χ2n) is 7.64. The van der Waals surface area contributed by atoms with Crippen LogP contribution >= 0.6 is 15.9 Å². The van der Waals surface area contributed by atoms with E-state index in [4.69, 9.17) is 0 Å². The minimum atomic E-state index is -4.24. The summed E-state index contributed by atoms with van der Waals surface area (Å²) in [6.07, 6.45) is 1.02. The van der Waals surface area contributed by atoms with E-state index in [1.165, 1.54) is 0 Å². The van der Waals surface area contributed by atoms with Gasteiger partial charge in [-0.25, -0.2) is 9.97 Å². The van der Waals surface area contributed by atoms with Crippen molar-refractivity contribution in [2.45, 2.75) is 38.8 Å². The SMILES string of the molecule is Cc1cc(-c2cnc3c(NCCC(F)(F)F)nc(Br)cn23)ccc1C(=O)CC1CC1. The number of fused-ring (bicyclic) bond motifs is 1. The number of rotatable bonds is 7. The first kappa shape index (κ1) is 20.8. The molecule has 5 nitrogen and oxygen atoms in total. The van der Waals surface area contributed by atoms with Crippen LogP contribution in [0.15, 0.2) is 35.2 Å². The van der Waals surface area contributed by atoms with Crippen molar-refractivity contribution in [2.75, 3.05) is 11.9 Å². The summed E-state index contributed by atoms with van der Waals surface area (Å²) in [6, 6.07) is 5.66. The molecule has 158 valence electrons. The van der Waals surface area contributed by atoms with Gasteiger partial charge in [0.2, 0.25) is 0 Å². The summed E-state index contributed by atoms with van der Waals surface area (Å²) >= 11 is 3.31. The molecule has 0 saturated heterocycles. The number of nitrogens with zero attached hydrogens (tertiary/aromatic N) is 3. The van der Waals surface area contributed by atoms with Gasteiger partial charge in [0, 0.05) is 30.3 Å². The highest BCUT2D eigenvalue weighted by Gasteiger charge is 2.27. The summed E-state index contributed by atoms with van der Waals surface area (Å²) in [7, 11) is 0. The molecular weight excluding hydrogens is 461 g/mol. The molecule has 9 heteroatoms. The van der Waals surface area contributed by atoms with Crippen molar-refractivity contribution in [3.63, 3.8) is 0 Å². The summed E-state index contributed by atoms with van der Waals surface area (Å²) < 4.78 is 39.6. The number of imidazole rings is 1. The zero-order chi connectivity index (χ0) is 21.5. The second kappa shape index (κ2) is 8.02. The summed E-state index contributed by atoms with van der Waals surface area (Å²) in [5, 5.41) is 2.72. The van der Waals surface area contributed by atoms with Crippen LogP contribution in [0.3, 0.4) is 0 Å². The molecule has 3 aromatic rings. The largest absolute Gasteiger partial charge is 0.390 e. The number of hydrogen-bond donors (Lipinski definition) is 1. The molecule has 0 unspecified atom stereocenters. The van der Waals surface area contributed by atoms with Gasteiger partial charge in [0.1, 0.15) is 4.60 Å². The summed E-state index contributed by atoms with van der Waals surface area (Å²) in [5.41, 5.74) is 3.68. The molecule has 1 aromatic carbocycles. The fraction of sp³-hybridized carbons (Fsp3) is 0.381. The lowest BCUT2D eigenvalue weighted by molar-refractivity contribution is -0.131. The van der Waals surface area contributed by atoms with E-state index in [9.17, 15) is 18.0 Å². The maximum atomic E-state index is 12.5. The van der Waals surface area contributed by atoms with Crippen molar-refractivity contribution in [1.29, 1.82) is 0 Å². The second-order valence-corrected chi connectivity index (χ2v) is 8.45. The third-order valence-electron chi connectivity index (χ3n) is 5.16. The number of benzene rings is 1. The molecule has 2 aromatic heterocycles.